The Labute approximate surface area is 125 Å². The van der Waals surface area contributed by atoms with Gasteiger partial charge < -0.3 is 5.32 Å². The maximum atomic E-state index is 3.59. The molecule has 0 saturated carbocycles. The molecule has 1 nitrogen and oxygen atoms in total. The van der Waals surface area contributed by atoms with Crippen LogP contribution in [0.4, 0.5) is 0 Å². The fraction of sp³-hybridized carbons (Fsp3) is 0.333. The van der Waals surface area contributed by atoms with Crippen molar-refractivity contribution in [1.82, 2.24) is 5.32 Å². The second-order valence-electron chi connectivity index (χ2n) is 5.42. The van der Waals surface area contributed by atoms with Crippen LogP contribution in [0.2, 0.25) is 0 Å². The fourth-order valence-electron chi connectivity index (χ4n) is 2.93. The summed E-state index contributed by atoms with van der Waals surface area (Å²) in [5.41, 5.74) is 7.17. The molecule has 1 atom stereocenters. The van der Waals surface area contributed by atoms with Crippen LogP contribution in [0.5, 0.6) is 0 Å². The van der Waals surface area contributed by atoms with Gasteiger partial charge in [-0.05, 0) is 47.4 Å². The van der Waals surface area contributed by atoms with Gasteiger partial charge in [0, 0.05) is 18.3 Å². The average molecular weight is 283 g/mol. The minimum atomic E-state index is 0.427. The summed E-state index contributed by atoms with van der Waals surface area (Å²) in [6.07, 6.45) is 3.23. The second kappa shape index (κ2) is 6.02. The van der Waals surface area contributed by atoms with Crippen molar-refractivity contribution in [3.63, 3.8) is 0 Å². The van der Waals surface area contributed by atoms with Gasteiger partial charge in [0.25, 0.3) is 0 Å². The highest BCUT2D eigenvalue weighted by Crippen LogP contribution is 2.37. The van der Waals surface area contributed by atoms with E-state index in [9.17, 15) is 0 Å². The van der Waals surface area contributed by atoms with Gasteiger partial charge in [0.05, 0.1) is 0 Å². The lowest BCUT2D eigenvalue weighted by molar-refractivity contribution is 0.601. The zero-order valence-corrected chi connectivity index (χ0v) is 13.0. The molecular weight excluding hydrogens is 262 g/mol. The first-order valence-corrected chi connectivity index (χ1v) is 8.62. The first-order valence-electron chi connectivity index (χ1n) is 7.23. The highest BCUT2D eigenvalue weighted by Gasteiger charge is 2.18. The minimum absolute atomic E-state index is 0.427. The van der Waals surface area contributed by atoms with Gasteiger partial charge in [-0.25, -0.2) is 0 Å². The molecule has 0 radical (unpaired) electrons. The normalized spacial score (nSPS) is 13.9. The quantitative estimate of drug-likeness (QED) is 0.702. The molecule has 0 aromatic heterocycles. The number of rotatable bonds is 5. The molecule has 0 amide bonds. The van der Waals surface area contributed by atoms with Crippen LogP contribution in [-0.4, -0.2) is 18.6 Å². The molecular formula is C18H21NS. The number of nitrogens with one attached hydrogen (secondary N) is 1. The first kappa shape index (κ1) is 13.7. The lowest BCUT2D eigenvalue weighted by Gasteiger charge is -2.15. The molecule has 3 rings (SSSR count). The van der Waals surface area contributed by atoms with E-state index in [0.717, 1.165) is 13.0 Å². The molecule has 0 fully saturated rings. The van der Waals surface area contributed by atoms with Crippen LogP contribution in [0, 0.1) is 0 Å². The van der Waals surface area contributed by atoms with Crippen LogP contribution in [0.3, 0.4) is 0 Å². The van der Waals surface area contributed by atoms with E-state index in [1.54, 1.807) is 0 Å². The van der Waals surface area contributed by atoms with E-state index < -0.39 is 0 Å². The van der Waals surface area contributed by atoms with Gasteiger partial charge in [-0.3, -0.25) is 0 Å². The minimum Gasteiger partial charge on any atom is -0.309 e. The van der Waals surface area contributed by atoms with Crippen molar-refractivity contribution < 1.29 is 0 Å². The molecule has 1 aliphatic carbocycles. The van der Waals surface area contributed by atoms with Crippen LogP contribution >= 0.6 is 11.8 Å². The Morgan fingerprint density at radius 1 is 1.10 bits per heavy atom. The molecule has 0 saturated heterocycles. The first-order chi connectivity index (χ1) is 9.79. The van der Waals surface area contributed by atoms with Crippen LogP contribution in [0.15, 0.2) is 42.5 Å². The Morgan fingerprint density at radius 3 is 2.75 bits per heavy atom. The fourth-order valence-corrected chi connectivity index (χ4v) is 3.25. The predicted octanol–water partition coefficient (Wildman–Crippen LogP) is 4.27. The summed E-state index contributed by atoms with van der Waals surface area (Å²) in [6, 6.07) is 16.1. The topological polar surface area (TPSA) is 12.0 Å². The van der Waals surface area contributed by atoms with Gasteiger partial charge >= 0.3 is 0 Å². The van der Waals surface area contributed by atoms with Gasteiger partial charge in [0.1, 0.15) is 0 Å². The van der Waals surface area contributed by atoms with Crippen molar-refractivity contribution in [2.24, 2.45) is 0 Å². The lowest BCUT2D eigenvalue weighted by Crippen LogP contribution is -2.21. The molecule has 1 N–H and O–H groups in total. The Kier molecular flexibility index (Phi) is 4.13. The Hall–Kier alpha value is -1.25. The third-order valence-corrected chi connectivity index (χ3v) is 4.69. The highest BCUT2D eigenvalue weighted by atomic mass is 32.2. The third kappa shape index (κ3) is 2.63. The molecule has 0 aliphatic heterocycles. The Bertz CT molecular complexity index is 606. The number of fused-ring (bicyclic) bond motifs is 3. The van der Waals surface area contributed by atoms with E-state index in [1.165, 1.54) is 33.6 Å². The van der Waals surface area contributed by atoms with Crippen LogP contribution < -0.4 is 5.32 Å². The standard InChI is InChI=1S/C18H21NS/c1-13(19-9-10-20-2)14-7-8-18-16(11-14)12-15-5-3-4-6-17(15)18/h3-8,11,13,19H,9-10,12H2,1-2H3. The van der Waals surface area contributed by atoms with Gasteiger partial charge in [-0.15, -0.1) is 0 Å². The third-order valence-electron chi connectivity index (χ3n) is 4.07. The summed E-state index contributed by atoms with van der Waals surface area (Å²) in [5, 5.41) is 3.59. The monoisotopic (exact) mass is 283 g/mol. The van der Waals surface area contributed by atoms with Crippen molar-refractivity contribution in [2.45, 2.75) is 19.4 Å². The van der Waals surface area contributed by atoms with Gasteiger partial charge in [-0.1, -0.05) is 42.5 Å². The number of benzene rings is 2. The average Bonchev–Trinajstić information content (AvgIpc) is 2.85. The van der Waals surface area contributed by atoms with Crippen molar-refractivity contribution in [1.29, 1.82) is 0 Å². The molecule has 0 heterocycles. The maximum Gasteiger partial charge on any atom is 0.0292 e. The Morgan fingerprint density at radius 2 is 1.90 bits per heavy atom. The van der Waals surface area contributed by atoms with Crippen molar-refractivity contribution in [3.8, 4) is 11.1 Å². The van der Waals surface area contributed by atoms with E-state index in [4.69, 9.17) is 0 Å². The van der Waals surface area contributed by atoms with Crippen LogP contribution in [-0.2, 0) is 6.42 Å². The second-order valence-corrected chi connectivity index (χ2v) is 6.40. The molecule has 0 bridgehead atoms. The molecule has 2 aromatic carbocycles. The number of hydrogen-bond donors (Lipinski definition) is 1. The van der Waals surface area contributed by atoms with Crippen molar-refractivity contribution >= 4 is 11.8 Å². The van der Waals surface area contributed by atoms with E-state index in [1.807, 2.05) is 11.8 Å². The zero-order chi connectivity index (χ0) is 13.9. The van der Waals surface area contributed by atoms with Crippen LogP contribution in [0.1, 0.15) is 29.7 Å². The zero-order valence-electron chi connectivity index (χ0n) is 12.1. The lowest BCUT2D eigenvalue weighted by atomic mass is 10.0. The highest BCUT2D eigenvalue weighted by molar-refractivity contribution is 7.98. The molecule has 2 heteroatoms. The summed E-state index contributed by atoms with van der Waals surface area (Å²) in [6.45, 7) is 3.32. The van der Waals surface area contributed by atoms with Crippen molar-refractivity contribution in [3.05, 3.63) is 59.2 Å². The number of thioether (sulfide) groups is 1. The van der Waals surface area contributed by atoms with E-state index in [2.05, 4.69) is 61.0 Å². The summed E-state index contributed by atoms with van der Waals surface area (Å²) in [5.74, 6) is 1.17. The largest absolute Gasteiger partial charge is 0.309 e. The summed E-state index contributed by atoms with van der Waals surface area (Å²) >= 11 is 1.89. The molecule has 1 aliphatic rings. The van der Waals surface area contributed by atoms with E-state index in [0.29, 0.717) is 6.04 Å². The molecule has 104 valence electrons. The summed E-state index contributed by atoms with van der Waals surface area (Å²) in [4.78, 5) is 0. The van der Waals surface area contributed by atoms with E-state index in [-0.39, 0.29) is 0 Å². The maximum absolute atomic E-state index is 3.59. The van der Waals surface area contributed by atoms with Gasteiger partial charge in [0.2, 0.25) is 0 Å². The molecule has 1 unspecified atom stereocenters. The molecule has 20 heavy (non-hydrogen) atoms. The Balaban J connectivity index is 1.80. The van der Waals surface area contributed by atoms with E-state index >= 15 is 0 Å². The van der Waals surface area contributed by atoms with Crippen LogP contribution in [0.25, 0.3) is 11.1 Å². The van der Waals surface area contributed by atoms with Gasteiger partial charge in [-0.2, -0.15) is 11.8 Å². The summed E-state index contributed by atoms with van der Waals surface area (Å²) < 4.78 is 0. The molecule has 2 aromatic rings. The predicted molar refractivity (Wildman–Crippen MR) is 89.5 cm³/mol. The van der Waals surface area contributed by atoms with Gasteiger partial charge in [0.15, 0.2) is 0 Å². The smallest absolute Gasteiger partial charge is 0.0292 e. The summed E-state index contributed by atoms with van der Waals surface area (Å²) in [7, 11) is 0. The molecule has 0 spiro atoms. The SMILES string of the molecule is CSCCNC(C)c1ccc2c(c1)Cc1ccccc1-2. The van der Waals surface area contributed by atoms with Crippen molar-refractivity contribution in [2.75, 3.05) is 18.6 Å². The number of hydrogen-bond acceptors (Lipinski definition) is 2.